The molecule has 4 nitrogen and oxygen atoms in total. The number of anilines is 2. The second kappa shape index (κ2) is 3.15. The van der Waals surface area contributed by atoms with Crippen LogP contribution in [0.15, 0.2) is 18.2 Å². The average molecular weight is 205 g/mol. The summed E-state index contributed by atoms with van der Waals surface area (Å²) in [5, 5.41) is 3.32. The Hall–Kier alpha value is -1.71. The maximum absolute atomic E-state index is 11.0. The van der Waals surface area contributed by atoms with Crippen LogP contribution in [0.1, 0.15) is 30.1 Å². The van der Waals surface area contributed by atoms with Crippen LogP contribution in [-0.2, 0) is 0 Å². The van der Waals surface area contributed by atoms with E-state index in [-0.39, 0.29) is 5.54 Å². The molecule has 1 saturated carbocycles. The first-order valence-electron chi connectivity index (χ1n) is 4.98. The van der Waals surface area contributed by atoms with Crippen LogP contribution >= 0.6 is 0 Å². The molecule has 0 saturated heterocycles. The van der Waals surface area contributed by atoms with Crippen molar-refractivity contribution in [3.63, 3.8) is 0 Å². The van der Waals surface area contributed by atoms with E-state index in [1.807, 2.05) is 0 Å². The molecule has 1 fully saturated rings. The summed E-state index contributed by atoms with van der Waals surface area (Å²) in [4.78, 5) is 11.0. The van der Waals surface area contributed by atoms with Crippen molar-refractivity contribution in [2.24, 2.45) is 5.73 Å². The highest BCUT2D eigenvalue weighted by molar-refractivity contribution is 5.95. The Morgan fingerprint density at radius 2 is 2.13 bits per heavy atom. The first-order chi connectivity index (χ1) is 7.00. The molecule has 1 aliphatic rings. The molecule has 0 atom stereocenters. The van der Waals surface area contributed by atoms with Crippen LogP contribution in [0.2, 0.25) is 0 Å². The summed E-state index contributed by atoms with van der Waals surface area (Å²) in [6.07, 6.45) is 2.26. The summed E-state index contributed by atoms with van der Waals surface area (Å²) in [5.74, 6) is -0.431. The third-order valence-electron chi connectivity index (χ3n) is 2.77. The monoisotopic (exact) mass is 205 g/mol. The third kappa shape index (κ3) is 2.03. The van der Waals surface area contributed by atoms with E-state index >= 15 is 0 Å². The van der Waals surface area contributed by atoms with Crippen molar-refractivity contribution in [2.75, 3.05) is 11.1 Å². The lowest BCUT2D eigenvalue weighted by Crippen LogP contribution is -2.18. The molecule has 0 spiro atoms. The van der Waals surface area contributed by atoms with Crippen molar-refractivity contribution in [2.45, 2.75) is 25.3 Å². The molecule has 80 valence electrons. The average Bonchev–Trinajstić information content (AvgIpc) is 2.87. The molecule has 1 aromatic rings. The highest BCUT2D eigenvalue weighted by Gasteiger charge is 2.37. The van der Waals surface area contributed by atoms with Gasteiger partial charge >= 0.3 is 0 Å². The van der Waals surface area contributed by atoms with E-state index < -0.39 is 5.91 Å². The van der Waals surface area contributed by atoms with Gasteiger partial charge in [0, 0.05) is 11.1 Å². The number of benzene rings is 1. The van der Waals surface area contributed by atoms with Crippen molar-refractivity contribution >= 4 is 17.3 Å². The number of hydrogen-bond donors (Lipinski definition) is 3. The molecule has 0 unspecified atom stereocenters. The normalized spacial score (nSPS) is 17.1. The Kier molecular flexibility index (Phi) is 2.07. The number of nitrogen functional groups attached to an aromatic ring is 1. The number of carbonyl (C=O) groups is 1. The smallest absolute Gasteiger partial charge is 0.248 e. The molecule has 1 amide bonds. The minimum atomic E-state index is -0.431. The Bertz CT molecular complexity index is 410. The molecule has 0 aromatic heterocycles. The van der Waals surface area contributed by atoms with Crippen LogP contribution < -0.4 is 16.8 Å². The molecule has 1 aliphatic carbocycles. The van der Waals surface area contributed by atoms with Crippen molar-refractivity contribution in [3.8, 4) is 0 Å². The summed E-state index contributed by atoms with van der Waals surface area (Å²) in [5.41, 5.74) is 13.1. The molecule has 0 radical (unpaired) electrons. The standard InChI is InChI=1S/C11H15N3O/c1-11(4-5-11)14-9-6-7(10(13)15)2-3-8(9)12/h2-3,6,14H,4-5,12H2,1H3,(H2,13,15). The van der Waals surface area contributed by atoms with Gasteiger partial charge in [-0.2, -0.15) is 0 Å². The third-order valence-corrected chi connectivity index (χ3v) is 2.77. The van der Waals surface area contributed by atoms with Gasteiger partial charge in [-0.05, 0) is 38.0 Å². The molecule has 0 heterocycles. The van der Waals surface area contributed by atoms with Gasteiger partial charge < -0.3 is 16.8 Å². The number of nitrogens with two attached hydrogens (primary N) is 2. The van der Waals surface area contributed by atoms with Crippen LogP contribution in [0.5, 0.6) is 0 Å². The fourth-order valence-corrected chi connectivity index (χ4v) is 1.46. The molecular formula is C11H15N3O. The number of hydrogen-bond acceptors (Lipinski definition) is 3. The topological polar surface area (TPSA) is 81.1 Å². The van der Waals surface area contributed by atoms with E-state index in [1.165, 1.54) is 0 Å². The maximum Gasteiger partial charge on any atom is 0.248 e. The van der Waals surface area contributed by atoms with Crippen molar-refractivity contribution in [1.29, 1.82) is 0 Å². The highest BCUT2D eigenvalue weighted by atomic mass is 16.1. The van der Waals surface area contributed by atoms with E-state index in [2.05, 4.69) is 12.2 Å². The van der Waals surface area contributed by atoms with E-state index in [9.17, 15) is 4.79 Å². The van der Waals surface area contributed by atoms with Crippen LogP contribution in [0, 0.1) is 0 Å². The Labute approximate surface area is 88.6 Å². The number of rotatable bonds is 3. The van der Waals surface area contributed by atoms with E-state index in [0.29, 0.717) is 11.3 Å². The lowest BCUT2D eigenvalue weighted by Gasteiger charge is -2.15. The van der Waals surface area contributed by atoms with Crippen LogP contribution in [0.3, 0.4) is 0 Å². The Morgan fingerprint density at radius 1 is 1.47 bits per heavy atom. The lowest BCUT2D eigenvalue weighted by molar-refractivity contribution is 0.100. The van der Waals surface area contributed by atoms with Crippen molar-refractivity contribution in [3.05, 3.63) is 23.8 Å². The van der Waals surface area contributed by atoms with E-state index in [0.717, 1.165) is 18.5 Å². The van der Waals surface area contributed by atoms with Gasteiger partial charge in [0.05, 0.1) is 11.4 Å². The number of carbonyl (C=O) groups excluding carboxylic acids is 1. The molecule has 0 bridgehead atoms. The van der Waals surface area contributed by atoms with E-state index in [1.54, 1.807) is 18.2 Å². The van der Waals surface area contributed by atoms with Gasteiger partial charge in [-0.1, -0.05) is 0 Å². The summed E-state index contributed by atoms with van der Waals surface area (Å²) >= 11 is 0. The zero-order valence-corrected chi connectivity index (χ0v) is 8.71. The zero-order valence-electron chi connectivity index (χ0n) is 8.71. The van der Waals surface area contributed by atoms with Gasteiger partial charge in [-0.15, -0.1) is 0 Å². The predicted octanol–water partition coefficient (Wildman–Crippen LogP) is 1.33. The van der Waals surface area contributed by atoms with E-state index in [4.69, 9.17) is 11.5 Å². The minimum absolute atomic E-state index is 0.143. The molecule has 15 heavy (non-hydrogen) atoms. The molecule has 2 rings (SSSR count). The van der Waals surface area contributed by atoms with Gasteiger partial charge in [0.1, 0.15) is 0 Å². The van der Waals surface area contributed by atoms with Gasteiger partial charge in [-0.3, -0.25) is 4.79 Å². The fourth-order valence-electron chi connectivity index (χ4n) is 1.46. The van der Waals surface area contributed by atoms with Gasteiger partial charge in [-0.25, -0.2) is 0 Å². The van der Waals surface area contributed by atoms with Gasteiger partial charge in [0.15, 0.2) is 0 Å². The second-order valence-electron chi connectivity index (χ2n) is 4.35. The number of primary amides is 1. The van der Waals surface area contributed by atoms with Crippen molar-refractivity contribution < 1.29 is 4.79 Å². The maximum atomic E-state index is 11.0. The van der Waals surface area contributed by atoms with Gasteiger partial charge in [0.2, 0.25) is 5.91 Å². The summed E-state index contributed by atoms with van der Waals surface area (Å²) < 4.78 is 0. The molecule has 0 aliphatic heterocycles. The summed E-state index contributed by atoms with van der Waals surface area (Å²) in [6.45, 7) is 2.13. The minimum Gasteiger partial charge on any atom is -0.397 e. The Morgan fingerprint density at radius 3 is 2.67 bits per heavy atom. The highest BCUT2D eigenvalue weighted by Crippen LogP contribution is 2.39. The summed E-state index contributed by atoms with van der Waals surface area (Å²) in [7, 11) is 0. The quantitative estimate of drug-likeness (QED) is 0.651. The van der Waals surface area contributed by atoms with Crippen molar-refractivity contribution in [1.82, 2.24) is 0 Å². The fraction of sp³-hybridized carbons (Fsp3) is 0.364. The number of nitrogens with one attached hydrogen (secondary N) is 1. The lowest BCUT2D eigenvalue weighted by atomic mass is 10.1. The first-order valence-corrected chi connectivity index (χ1v) is 4.98. The number of amides is 1. The zero-order chi connectivity index (χ0) is 11.1. The summed E-state index contributed by atoms with van der Waals surface area (Å²) in [6, 6.07) is 5.05. The Balaban J connectivity index is 2.28. The van der Waals surface area contributed by atoms with Crippen LogP contribution in [-0.4, -0.2) is 11.4 Å². The molecule has 1 aromatic carbocycles. The van der Waals surface area contributed by atoms with Gasteiger partial charge in [0.25, 0.3) is 0 Å². The SMILES string of the molecule is CC1(Nc2cc(C(N)=O)ccc2N)CC1. The first kappa shape index (κ1) is 9.83. The molecule has 5 N–H and O–H groups in total. The van der Waals surface area contributed by atoms with Crippen LogP contribution in [0.25, 0.3) is 0 Å². The molecular weight excluding hydrogens is 190 g/mol. The van der Waals surface area contributed by atoms with Crippen LogP contribution in [0.4, 0.5) is 11.4 Å². The predicted molar refractivity (Wildman–Crippen MR) is 60.6 cm³/mol. The second-order valence-corrected chi connectivity index (χ2v) is 4.35. The largest absolute Gasteiger partial charge is 0.397 e. The molecule has 4 heteroatoms.